The van der Waals surface area contributed by atoms with Crippen molar-refractivity contribution in [2.75, 3.05) is 31.1 Å². The van der Waals surface area contributed by atoms with Crippen LogP contribution in [-0.4, -0.2) is 48.6 Å². The van der Waals surface area contributed by atoms with Gasteiger partial charge in [-0.1, -0.05) is 28.1 Å². The van der Waals surface area contributed by atoms with Gasteiger partial charge in [-0.2, -0.15) is 0 Å². The van der Waals surface area contributed by atoms with Gasteiger partial charge >= 0.3 is 0 Å². The Hall–Kier alpha value is -2.47. The zero-order valence-electron chi connectivity index (χ0n) is 18.4. The van der Waals surface area contributed by atoms with E-state index in [2.05, 4.69) is 20.8 Å². The van der Waals surface area contributed by atoms with Crippen LogP contribution in [0, 0.1) is 5.92 Å². The second-order valence-electron chi connectivity index (χ2n) is 8.87. The fourth-order valence-corrected chi connectivity index (χ4v) is 4.58. The standard InChI is InChI=1S/C26H29BrN2O3/c1-18(30)19-6-10-24(11-7-19)28-12-14-29(15-13-28)26(32)17-22(16-25(31)21-2-3-21)20-4-8-23(27)9-5-20/h4-11,21-22H,2-3,12-17H2,1H3. The number of nitrogens with zero attached hydrogens (tertiary/aromatic N) is 2. The van der Waals surface area contributed by atoms with E-state index in [-0.39, 0.29) is 23.5 Å². The van der Waals surface area contributed by atoms with Crippen LogP contribution in [0.1, 0.15) is 54.4 Å². The summed E-state index contributed by atoms with van der Waals surface area (Å²) in [5, 5.41) is 0. The van der Waals surface area contributed by atoms with Crippen molar-refractivity contribution in [1.82, 2.24) is 4.90 Å². The zero-order valence-corrected chi connectivity index (χ0v) is 20.0. The van der Waals surface area contributed by atoms with Crippen molar-refractivity contribution in [2.24, 2.45) is 5.92 Å². The fourth-order valence-electron chi connectivity index (χ4n) is 4.32. The van der Waals surface area contributed by atoms with Crippen LogP contribution in [-0.2, 0) is 9.59 Å². The Labute approximate surface area is 197 Å². The lowest BCUT2D eigenvalue weighted by Gasteiger charge is -2.36. The highest BCUT2D eigenvalue weighted by Gasteiger charge is 2.33. The molecule has 2 aromatic rings. The van der Waals surface area contributed by atoms with Crippen molar-refractivity contribution in [2.45, 2.75) is 38.5 Å². The Bertz CT molecular complexity index is 975. The molecular weight excluding hydrogens is 468 g/mol. The first kappa shape index (κ1) is 22.7. The Morgan fingerprint density at radius 2 is 1.53 bits per heavy atom. The van der Waals surface area contributed by atoms with E-state index in [1.807, 2.05) is 53.4 Å². The molecule has 1 saturated carbocycles. The largest absolute Gasteiger partial charge is 0.368 e. The van der Waals surface area contributed by atoms with Crippen molar-refractivity contribution in [1.29, 1.82) is 0 Å². The number of benzene rings is 2. The summed E-state index contributed by atoms with van der Waals surface area (Å²) >= 11 is 3.46. The van der Waals surface area contributed by atoms with Crippen LogP contribution in [0.4, 0.5) is 5.69 Å². The summed E-state index contributed by atoms with van der Waals surface area (Å²) in [5.41, 5.74) is 2.84. The fraction of sp³-hybridized carbons (Fsp3) is 0.423. The third-order valence-corrected chi connectivity index (χ3v) is 7.04. The SMILES string of the molecule is CC(=O)c1ccc(N2CCN(C(=O)CC(CC(=O)C3CC3)c3ccc(Br)cc3)CC2)cc1. The van der Waals surface area contributed by atoms with Gasteiger partial charge in [0.25, 0.3) is 0 Å². The second kappa shape index (κ2) is 9.99. The van der Waals surface area contributed by atoms with Gasteiger partial charge in [0.2, 0.25) is 5.91 Å². The predicted octanol–water partition coefficient (Wildman–Crippen LogP) is 4.84. The first-order valence-electron chi connectivity index (χ1n) is 11.3. The van der Waals surface area contributed by atoms with E-state index in [9.17, 15) is 14.4 Å². The molecule has 0 radical (unpaired) electrons. The highest BCUT2D eigenvalue weighted by molar-refractivity contribution is 9.10. The molecule has 1 saturated heterocycles. The lowest BCUT2D eigenvalue weighted by Crippen LogP contribution is -2.49. The minimum Gasteiger partial charge on any atom is -0.368 e. The maximum Gasteiger partial charge on any atom is 0.223 e. The highest BCUT2D eigenvalue weighted by Crippen LogP contribution is 2.35. The lowest BCUT2D eigenvalue weighted by molar-refractivity contribution is -0.132. The third kappa shape index (κ3) is 5.66. The Morgan fingerprint density at radius 3 is 2.09 bits per heavy atom. The molecule has 32 heavy (non-hydrogen) atoms. The summed E-state index contributed by atoms with van der Waals surface area (Å²) in [4.78, 5) is 41.3. The summed E-state index contributed by atoms with van der Waals surface area (Å²) in [7, 11) is 0. The molecule has 2 aromatic carbocycles. The predicted molar refractivity (Wildman–Crippen MR) is 129 cm³/mol. The lowest BCUT2D eigenvalue weighted by atomic mass is 9.89. The molecule has 0 aromatic heterocycles. The van der Waals surface area contributed by atoms with Gasteiger partial charge in [0.05, 0.1) is 0 Å². The van der Waals surface area contributed by atoms with Crippen LogP contribution in [0.2, 0.25) is 0 Å². The van der Waals surface area contributed by atoms with Gasteiger partial charge in [0.1, 0.15) is 5.78 Å². The molecule has 1 aliphatic heterocycles. The van der Waals surface area contributed by atoms with Crippen LogP contribution in [0.3, 0.4) is 0 Å². The van der Waals surface area contributed by atoms with Gasteiger partial charge in [-0.15, -0.1) is 0 Å². The first-order valence-corrected chi connectivity index (χ1v) is 12.1. The molecule has 168 valence electrons. The number of amides is 1. The van der Waals surface area contributed by atoms with E-state index in [4.69, 9.17) is 0 Å². The van der Waals surface area contributed by atoms with Gasteiger partial charge in [0, 0.05) is 60.7 Å². The average Bonchev–Trinajstić information content (AvgIpc) is 3.65. The van der Waals surface area contributed by atoms with Gasteiger partial charge in [-0.25, -0.2) is 0 Å². The van der Waals surface area contributed by atoms with Crippen LogP contribution in [0.5, 0.6) is 0 Å². The zero-order chi connectivity index (χ0) is 22.7. The van der Waals surface area contributed by atoms with Gasteiger partial charge in [-0.3, -0.25) is 14.4 Å². The van der Waals surface area contributed by atoms with Crippen molar-refractivity contribution in [3.8, 4) is 0 Å². The third-order valence-electron chi connectivity index (χ3n) is 6.51. The monoisotopic (exact) mass is 496 g/mol. The van der Waals surface area contributed by atoms with Crippen molar-refractivity contribution >= 4 is 39.1 Å². The molecule has 5 nitrogen and oxygen atoms in total. The number of piperazine rings is 1. The van der Waals surface area contributed by atoms with Crippen LogP contribution >= 0.6 is 15.9 Å². The minimum absolute atomic E-state index is 0.0625. The maximum absolute atomic E-state index is 13.1. The number of hydrogen-bond donors (Lipinski definition) is 0. The van der Waals surface area contributed by atoms with Gasteiger partial charge in [0.15, 0.2) is 5.78 Å². The van der Waals surface area contributed by atoms with E-state index in [0.717, 1.165) is 41.7 Å². The molecule has 4 rings (SSSR count). The Balaban J connectivity index is 1.36. The number of halogens is 1. The molecule has 1 unspecified atom stereocenters. The number of rotatable bonds is 8. The minimum atomic E-state index is -0.0687. The van der Waals surface area contributed by atoms with E-state index in [1.54, 1.807) is 6.92 Å². The molecule has 2 fully saturated rings. The first-order chi connectivity index (χ1) is 15.4. The summed E-state index contributed by atoms with van der Waals surface area (Å²) in [6, 6.07) is 15.6. The summed E-state index contributed by atoms with van der Waals surface area (Å²) in [6.45, 7) is 4.41. The van der Waals surface area contributed by atoms with E-state index >= 15 is 0 Å². The number of ketones is 2. The maximum atomic E-state index is 13.1. The Morgan fingerprint density at radius 1 is 0.906 bits per heavy atom. The molecule has 1 amide bonds. The van der Waals surface area contributed by atoms with Crippen LogP contribution in [0.15, 0.2) is 53.0 Å². The number of carbonyl (C=O) groups is 3. The smallest absolute Gasteiger partial charge is 0.223 e. The number of anilines is 1. The normalized spacial score (nSPS) is 17.2. The van der Waals surface area contributed by atoms with Crippen molar-refractivity contribution in [3.05, 3.63) is 64.1 Å². The molecule has 0 spiro atoms. The Kier molecular flexibility index (Phi) is 7.09. The van der Waals surface area contributed by atoms with E-state index < -0.39 is 0 Å². The highest BCUT2D eigenvalue weighted by atomic mass is 79.9. The number of carbonyl (C=O) groups excluding carboxylic acids is 3. The molecule has 1 aliphatic carbocycles. The molecule has 1 atom stereocenters. The molecule has 1 heterocycles. The summed E-state index contributed by atoms with van der Waals surface area (Å²) in [6.07, 6.45) is 2.80. The summed E-state index contributed by atoms with van der Waals surface area (Å²) in [5.74, 6) is 0.618. The molecule has 0 bridgehead atoms. The second-order valence-corrected chi connectivity index (χ2v) is 9.78. The molecule has 6 heteroatoms. The topological polar surface area (TPSA) is 57.7 Å². The van der Waals surface area contributed by atoms with Crippen molar-refractivity contribution < 1.29 is 14.4 Å². The quantitative estimate of drug-likeness (QED) is 0.490. The summed E-state index contributed by atoms with van der Waals surface area (Å²) < 4.78 is 0.993. The molecular formula is C26H29BrN2O3. The van der Waals surface area contributed by atoms with Gasteiger partial charge in [-0.05, 0) is 67.6 Å². The van der Waals surface area contributed by atoms with E-state index in [0.29, 0.717) is 37.3 Å². The van der Waals surface area contributed by atoms with Crippen LogP contribution < -0.4 is 4.90 Å². The number of hydrogen-bond acceptors (Lipinski definition) is 4. The number of Topliss-reactive ketones (excluding diaryl/α,β-unsaturated/α-hetero) is 2. The molecule has 2 aliphatic rings. The van der Waals surface area contributed by atoms with E-state index in [1.165, 1.54) is 0 Å². The van der Waals surface area contributed by atoms with Gasteiger partial charge < -0.3 is 9.80 Å². The average molecular weight is 497 g/mol. The van der Waals surface area contributed by atoms with Crippen LogP contribution in [0.25, 0.3) is 0 Å². The molecule has 0 N–H and O–H groups in total. The van der Waals surface area contributed by atoms with Crippen molar-refractivity contribution in [3.63, 3.8) is 0 Å².